The molecule has 6 heteroatoms. The highest BCUT2D eigenvalue weighted by atomic mass is 16.5. The summed E-state index contributed by atoms with van der Waals surface area (Å²) in [5, 5.41) is 2.08. The SMILES string of the molecule is COc1ccc(C)cc1CN(C)[C@@H](C)C(=O)NC(N)=O. The number of amides is 3. The summed E-state index contributed by atoms with van der Waals surface area (Å²) in [5.74, 6) is 0.344. The van der Waals surface area contributed by atoms with E-state index in [0.29, 0.717) is 6.54 Å². The van der Waals surface area contributed by atoms with E-state index >= 15 is 0 Å². The van der Waals surface area contributed by atoms with Crippen molar-refractivity contribution in [3.05, 3.63) is 29.3 Å². The van der Waals surface area contributed by atoms with Gasteiger partial charge in [0.1, 0.15) is 5.75 Å². The monoisotopic (exact) mass is 279 g/mol. The molecule has 0 saturated carbocycles. The van der Waals surface area contributed by atoms with Crippen LogP contribution in [-0.4, -0.2) is 37.0 Å². The number of nitrogens with one attached hydrogen (secondary N) is 1. The summed E-state index contributed by atoms with van der Waals surface area (Å²) >= 11 is 0. The van der Waals surface area contributed by atoms with Gasteiger partial charge in [-0.1, -0.05) is 17.7 Å². The molecule has 1 atom stereocenters. The summed E-state index contributed by atoms with van der Waals surface area (Å²) < 4.78 is 5.30. The Morgan fingerprint density at radius 2 is 2.10 bits per heavy atom. The number of rotatable bonds is 5. The Labute approximate surface area is 118 Å². The van der Waals surface area contributed by atoms with Gasteiger partial charge in [-0.3, -0.25) is 15.0 Å². The molecule has 1 aromatic rings. The van der Waals surface area contributed by atoms with E-state index in [0.717, 1.165) is 16.9 Å². The third-order valence-electron chi connectivity index (χ3n) is 3.14. The quantitative estimate of drug-likeness (QED) is 0.842. The lowest BCUT2D eigenvalue weighted by molar-refractivity contribution is -0.124. The van der Waals surface area contributed by atoms with Gasteiger partial charge in [-0.15, -0.1) is 0 Å². The molecule has 0 aliphatic heterocycles. The Morgan fingerprint density at radius 3 is 2.65 bits per heavy atom. The maximum Gasteiger partial charge on any atom is 0.318 e. The van der Waals surface area contributed by atoms with Crippen LogP contribution >= 0.6 is 0 Å². The molecule has 110 valence electrons. The van der Waals surface area contributed by atoms with Crippen LogP contribution in [0, 0.1) is 6.92 Å². The van der Waals surface area contributed by atoms with Crippen LogP contribution in [0.25, 0.3) is 0 Å². The first kappa shape index (κ1) is 16.0. The second-order valence-electron chi connectivity index (χ2n) is 4.76. The van der Waals surface area contributed by atoms with Gasteiger partial charge in [-0.05, 0) is 27.0 Å². The molecule has 3 amide bonds. The largest absolute Gasteiger partial charge is 0.496 e. The van der Waals surface area contributed by atoms with Crippen molar-refractivity contribution in [1.82, 2.24) is 10.2 Å². The van der Waals surface area contributed by atoms with Crippen molar-refractivity contribution in [3.63, 3.8) is 0 Å². The lowest BCUT2D eigenvalue weighted by Crippen LogP contribution is -2.46. The Morgan fingerprint density at radius 1 is 1.45 bits per heavy atom. The molecular formula is C14H21N3O3. The molecule has 0 bridgehead atoms. The van der Waals surface area contributed by atoms with Crippen LogP contribution in [-0.2, 0) is 11.3 Å². The summed E-state index contributed by atoms with van der Waals surface area (Å²) in [5.41, 5.74) is 7.03. The van der Waals surface area contributed by atoms with Gasteiger partial charge < -0.3 is 10.5 Å². The highest BCUT2D eigenvalue weighted by Crippen LogP contribution is 2.21. The maximum absolute atomic E-state index is 11.7. The van der Waals surface area contributed by atoms with E-state index in [9.17, 15) is 9.59 Å². The first-order chi connectivity index (χ1) is 9.35. The van der Waals surface area contributed by atoms with Crippen molar-refractivity contribution in [2.24, 2.45) is 5.73 Å². The number of carbonyl (C=O) groups is 2. The number of methoxy groups -OCH3 is 1. The molecule has 0 radical (unpaired) electrons. The molecule has 20 heavy (non-hydrogen) atoms. The number of ether oxygens (including phenoxy) is 1. The van der Waals surface area contributed by atoms with E-state index in [1.807, 2.05) is 30.0 Å². The first-order valence-electron chi connectivity index (χ1n) is 6.29. The first-order valence-corrected chi connectivity index (χ1v) is 6.29. The van der Waals surface area contributed by atoms with Gasteiger partial charge in [-0.25, -0.2) is 4.79 Å². The number of aryl methyl sites for hydroxylation is 1. The van der Waals surface area contributed by atoms with E-state index < -0.39 is 18.0 Å². The van der Waals surface area contributed by atoms with Gasteiger partial charge in [0.2, 0.25) is 5.91 Å². The van der Waals surface area contributed by atoms with E-state index in [1.54, 1.807) is 21.1 Å². The van der Waals surface area contributed by atoms with Gasteiger partial charge in [0.25, 0.3) is 0 Å². The molecule has 0 aliphatic carbocycles. The van der Waals surface area contributed by atoms with Crippen LogP contribution in [0.2, 0.25) is 0 Å². The van der Waals surface area contributed by atoms with E-state index in [4.69, 9.17) is 10.5 Å². The zero-order chi connectivity index (χ0) is 15.3. The minimum Gasteiger partial charge on any atom is -0.496 e. The Balaban J connectivity index is 2.79. The highest BCUT2D eigenvalue weighted by molar-refractivity contribution is 5.96. The van der Waals surface area contributed by atoms with Gasteiger partial charge in [0, 0.05) is 12.1 Å². The van der Waals surface area contributed by atoms with E-state index in [-0.39, 0.29) is 0 Å². The van der Waals surface area contributed by atoms with Crippen molar-refractivity contribution < 1.29 is 14.3 Å². The lowest BCUT2D eigenvalue weighted by atomic mass is 10.1. The van der Waals surface area contributed by atoms with Gasteiger partial charge in [0.05, 0.1) is 13.2 Å². The van der Waals surface area contributed by atoms with Gasteiger partial charge >= 0.3 is 6.03 Å². The predicted octanol–water partition coefficient (Wildman–Crippen LogP) is 1.02. The van der Waals surface area contributed by atoms with Gasteiger partial charge in [-0.2, -0.15) is 0 Å². The Hall–Kier alpha value is -2.08. The fourth-order valence-electron chi connectivity index (χ4n) is 1.86. The Kier molecular flexibility index (Phi) is 5.52. The number of hydrogen-bond donors (Lipinski definition) is 2. The predicted molar refractivity (Wildman–Crippen MR) is 76.4 cm³/mol. The normalized spacial score (nSPS) is 12.1. The summed E-state index contributed by atoms with van der Waals surface area (Å²) in [6.45, 7) is 4.23. The number of likely N-dealkylation sites (N-methyl/N-ethyl adjacent to an activating group) is 1. The highest BCUT2D eigenvalue weighted by Gasteiger charge is 2.20. The van der Waals surface area contributed by atoms with Crippen molar-refractivity contribution in [2.75, 3.05) is 14.2 Å². The topological polar surface area (TPSA) is 84.7 Å². The fraction of sp³-hybridized carbons (Fsp3) is 0.429. The van der Waals surface area contributed by atoms with Crippen molar-refractivity contribution in [3.8, 4) is 5.75 Å². The van der Waals surface area contributed by atoms with Crippen LogP contribution < -0.4 is 15.8 Å². The molecule has 0 saturated heterocycles. The molecule has 0 spiro atoms. The number of benzene rings is 1. The van der Waals surface area contributed by atoms with Crippen LogP contribution in [0.15, 0.2) is 18.2 Å². The third-order valence-corrected chi connectivity index (χ3v) is 3.14. The van der Waals surface area contributed by atoms with E-state index in [1.165, 1.54) is 0 Å². The number of nitrogens with two attached hydrogens (primary N) is 1. The van der Waals surface area contributed by atoms with Gasteiger partial charge in [0.15, 0.2) is 0 Å². The van der Waals surface area contributed by atoms with Crippen LogP contribution in [0.3, 0.4) is 0 Å². The van der Waals surface area contributed by atoms with Crippen molar-refractivity contribution >= 4 is 11.9 Å². The molecular weight excluding hydrogens is 258 g/mol. The number of nitrogens with zero attached hydrogens (tertiary/aromatic N) is 1. The molecule has 1 rings (SSSR count). The van der Waals surface area contributed by atoms with E-state index in [2.05, 4.69) is 5.32 Å². The smallest absolute Gasteiger partial charge is 0.318 e. The summed E-state index contributed by atoms with van der Waals surface area (Å²) in [7, 11) is 3.41. The van der Waals surface area contributed by atoms with Crippen LogP contribution in [0.1, 0.15) is 18.1 Å². The second kappa shape index (κ2) is 6.91. The van der Waals surface area contributed by atoms with Crippen molar-refractivity contribution in [1.29, 1.82) is 0 Å². The number of hydrogen-bond acceptors (Lipinski definition) is 4. The summed E-state index contributed by atoms with van der Waals surface area (Å²) in [6, 6.07) is 4.54. The number of carbonyl (C=O) groups excluding carboxylic acids is 2. The minimum absolute atomic E-state index is 0.424. The molecule has 6 nitrogen and oxygen atoms in total. The summed E-state index contributed by atoms with van der Waals surface area (Å²) in [4.78, 5) is 24.2. The standard InChI is InChI=1S/C14H21N3O3/c1-9-5-6-12(20-4)11(7-9)8-17(3)10(2)13(18)16-14(15)19/h5-7,10H,8H2,1-4H3,(H3,15,16,18,19)/t10-/m0/s1. The average Bonchev–Trinajstić information content (AvgIpc) is 2.37. The zero-order valence-corrected chi connectivity index (χ0v) is 12.3. The fourth-order valence-corrected chi connectivity index (χ4v) is 1.86. The second-order valence-corrected chi connectivity index (χ2v) is 4.76. The number of urea groups is 1. The molecule has 0 aliphatic rings. The average molecular weight is 279 g/mol. The lowest BCUT2D eigenvalue weighted by Gasteiger charge is -2.24. The molecule has 0 unspecified atom stereocenters. The zero-order valence-electron chi connectivity index (χ0n) is 12.3. The molecule has 0 heterocycles. The van der Waals surface area contributed by atoms with Crippen molar-refractivity contribution in [2.45, 2.75) is 26.4 Å². The minimum atomic E-state index is -0.844. The van der Waals surface area contributed by atoms with Crippen LogP contribution in [0.4, 0.5) is 4.79 Å². The van der Waals surface area contributed by atoms with Crippen LogP contribution in [0.5, 0.6) is 5.75 Å². The molecule has 1 aromatic carbocycles. The number of imide groups is 1. The molecule has 3 N–H and O–H groups in total. The number of primary amides is 1. The molecule has 0 fully saturated rings. The maximum atomic E-state index is 11.7. The Bertz CT molecular complexity index is 502. The summed E-state index contributed by atoms with van der Waals surface area (Å²) in [6.07, 6.45) is 0. The third kappa shape index (κ3) is 4.24. The molecule has 0 aromatic heterocycles.